The molecule has 5 heteroatoms. The molecule has 1 fully saturated rings. The molecule has 110 valence electrons. The van der Waals surface area contributed by atoms with Crippen molar-refractivity contribution in [2.75, 3.05) is 40.5 Å². The third kappa shape index (κ3) is 2.21. The molecule has 0 spiro atoms. The highest BCUT2D eigenvalue weighted by molar-refractivity contribution is 5.57. The molecule has 20 heavy (non-hydrogen) atoms. The number of nitrogens with zero attached hydrogens (tertiary/aromatic N) is 1. The lowest BCUT2D eigenvalue weighted by Gasteiger charge is -2.26. The van der Waals surface area contributed by atoms with Gasteiger partial charge in [-0.3, -0.25) is 4.90 Å². The highest BCUT2D eigenvalue weighted by atomic mass is 16.6. The maximum atomic E-state index is 5.82. The Morgan fingerprint density at radius 1 is 1.35 bits per heavy atom. The zero-order valence-corrected chi connectivity index (χ0v) is 12.1. The monoisotopic (exact) mass is 278 g/mol. The van der Waals surface area contributed by atoms with Gasteiger partial charge in [-0.05, 0) is 38.1 Å². The standard InChI is InChI=1S/C15H22N2O3/c1-17-9-10(8-16)7-12(17)11-3-4-13-15(14(11)18-2)20-6-5-19-13/h3-4,10,12H,5-9,16H2,1-2H3. The van der Waals surface area contributed by atoms with Crippen LogP contribution in [0, 0.1) is 5.92 Å². The zero-order valence-electron chi connectivity index (χ0n) is 12.1. The van der Waals surface area contributed by atoms with Crippen molar-refractivity contribution in [3.63, 3.8) is 0 Å². The Hall–Kier alpha value is -1.46. The Bertz CT molecular complexity index is 492. The average molecular weight is 278 g/mol. The molecule has 2 heterocycles. The topological polar surface area (TPSA) is 57.0 Å². The summed E-state index contributed by atoms with van der Waals surface area (Å²) >= 11 is 0. The fourth-order valence-corrected chi connectivity index (χ4v) is 3.22. The van der Waals surface area contributed by atoms with Crippen LogP contribution in [0.4, 0.5) is 0 Å². The van der Waals surface area contributed by atoms with Crippen LogP contribution in [0.3, 0.4) is 0 Å². The minimum atomic E-state index is 0.328. The molecule has 0 bridgehead atoms. The SMILES string of the molecule is COc1c(C2CC(CN)CN2C)ccc2c1OCCO2. The Balaban J connectivity index is 1.97. The third-order valence-corrected chi connectivity index (χ3v) is 4.23. The summed E-state index contributed by atoms with van der Waals surface area (Å²) in [6.07, 6.45) is 1.06. The fourth-order valence-electron chi connectivity index (χ4n) is 3.22. The highest BCUT2D eigenvalue weighted by Crippen LogP contribution is 2.47. The van der Waals surface area contributed by atoms with E-state index in [-0.39, 0.29) is 0 Å². The van der Waals surface area contributed by atoms with Crippen LogP contribution >= 0.6 is 0 Å². The molecule has 5 nitrogen and oxygen atoms in total. The van der Waals surface area contributed by atoms with Gasteiger partial charge >= 0.3 is 0 Å². The van der Waals surface area contributed by atoms with Crippen molar-refractivity contribution in [3.05, 3.63) is 17.7 Å². The predicted molar refractivity (Wildman–Crippen MR) is 76.5 cm³/mol. The summed E-state index contributed by atoms with van der Waals surface area (Å²) in [6.45, 7) is 2.92. The second-order valence-electron chi connectivity index (χ2n) is 5.51. The van der Waals surface area contributed by atoms with Gasteiger partial charge in [-0.25, -0.2) is 0 Å². The summed E-state index contributed by atoms with van der Waals surface area (Å²) in [4.78, 5) is 2.34. The molecular formula is C15H22N2O3. The lowest BCUT2D eigenvalue weighted by Crippen LogP contribution is -2.21. The van der Waals surface area contributed by atoms with Crippen LogP contribution in [0.5, 0.6) is 17.2 Å². The van der Waals surface area contributed by atoms with Gasteiger partial charge in [0.15, 0.2) is 11.5 Å². The molecule has 0 aromatic heterocycles. The van der Waals surface area contributed by atoms with Gasteiger partial charge in [-0.15, -0.1) is 0 Å². The van der Waals surface area contributed by atoms with Crippen molar-refractivity contribution >= 4 is 0 Å². The van der Waals surface area contributed by atoms with Crippen LogP contribution in [-0.4, -0.2) is 45.4 Å². The first-order valence-electron chi connectivity index (χ1n) is 7.11. The van der Waals surface area contributed by atoms with Gasteiger partial charge in [0.1, 0.15) is 13.2 Å². The molecule has 0 radical (unpaired) electrons. The van der Waals surface area contributed by atoms with E-state index < -0.39 is 0 Å². The van der Waals surface area contributed by atoms with Crippen LogP contribution in [-0.2, 0) is 0 Å². The van der Waals surface area contributed by atoms with Gasteiger partial charge in [-0.2, -0.15) is 0 Å². The minimum absolute atomic E-state index is 0.328. The number of hydrogen-bond acceptors (Lipinski definition) is 5. The molecule has 2 aliphatic heterocycles. The van der Waals surface area contributed by atoms with E-state index in [1.807, 2.05) is 6.07 Å². The summed E-state index contributed by atoms with van der Waals surface area (Å²) < 4.78 is 17.0. The summed E-state index contributed by atoms with van der Waals surface area (Å²) in [7, 11) is 3.82. The van der Waals surface area contributed by atoms with Crippen LogP contribution in [0.25, 0.3) is 0 Å². The number of benzene rings is 1. The molecule has 1 aromatic rings. The second kappa shape index (κ2) is 5.50. The quantitative estimate of drug-likeness (QED) is 0.906. The molecule has 1 saturated heterocycles. The van der Waals surface area contributed by atoms with E-state index in [2.05, 4.69) is 18.0 Å². The molecule has 2 N–H and O–H groups in total. The lowest BCUT2D eigenvalue weighted by atomic mass is 9.98. The predicted octanol–water partition coefficient (Wildman–Crippen LogP) is 1.42. The average Bonchev–Trinajstić information content (AvgIpc) is 2.87. The molecular weight excluding hydrogens is 256 g/mol. The number of ether oxygens (including phenoxy) is 3. The first-order valence-corrected chi connectivity index (χ1v) is 7.11. The van der Waals surface area contributed by atoms with Gasteiger partial charge in [-0.1, -0.05) is 0 Å². The Morgan fingerprint density at radius 2 is 2.15 bits per heavy atom. The van der Waals surface area contributed by atoms with Gasteiger partial charge in [0, 0.05) is 18.2 Å². The van der Waals surface area contributed by atoms with E-state index in [9.17, 15) is 0 Å². The van der Waals surface area contributed by atoms with Crippen molar-refractivity contribution < 1.29 is 14.2 Å². The molecule has 1 aromatic carbocycles. The molecule has 3 rings (SSSR count). The van der Waals surface area contributed by atoms with Crippen molar-refractivity contribution in [2.24, 2.45) is 11.7 Å². The zero-order chi connectivity index (χ0) is 14.1. The van der Waals surface area contributed by atoms with E-state index in [0.717, 1.165) is 42.3 Å². The normalized spacial score (nSPS) is 25.8. The van der Waals surface area contributed by atoms with Gasteiger partial charge in [0.25, 0.3) is 0 Å². The van der Waals surface area contributed by atoms with E-state index in [4.69, 9.17) is 19.9 Å². The second-order valence-corrected chi connectivity index (χ2v) is 5.51. The number of nitrogens with two attached hydrogens (primary N) is 1. The van der Waals surface area contributed by atoms with E-state index in [1.54, 1.807) is 7.11 Å². The van der Waals surface area contributed by atoms with Crippen LogP contribution in [0.1, 0.15) is 18.0 Å². The first kappa shape index (κ1) is 13.5. The number of fused-ring (bicyclic) bond motifs is 1. The van der Waals surface area contributed by atoms with Crippen molar-refractivity contribution in [3.8, 4) is 17.2 Å². The molecule has 0 saturated carbocycles. The fraction of sp³-hybridized carbons (Fsp3) is 0.600. The lowest BCUT2D eigenvalue weighted by molar-refractivity contribution is 0.163. The number of likely N-dealkylation sites (tertiary alicyclic amines) is 1. The van der Waals surface area contributed by atoms with Crippen molar-refractivity contribution in [1.29, 1.82) is 0 Å². The Morgan fingerprint density at radius 3 is 2.85 bits per heavy atom. The summed E-state index contributed by atoms with van der Waals surface area (Å²) in [5.74, 6) is 2.85. The molecule has 0 amide bonds. The van der Waals surface area contributed by atoms with Gasteiger partial charge in [0.2, 0.25) is 5.75 Å². The van der Waals surface area contributed by atoms with Gasteiger partial charge in [0.05, 0.1) is 7.11 Å². The number of rotatable bonds is 3. The summed E-state index contributed by atoms with van der Waals surface area (Å²) in [6, 6.07) is 4.40. The van der Waals surface area contributed by atoms with E-state index >= 15 is 0 Å². The molecule has 2 unspecified atom stereocenters. The molecule has 2 aliphatic rings. The smallest absolute Gasteiger partial charge is 0.204 e. The van der Waals surface area contributed by atoms with Crippen molar-refractivity contribution in [2.45, 2.75) is 12.5 Å². The molecule has 2 atom stereocenters. The summed E-state index contributed by atoms with van der Waals surface area (Å²) in [5.41, 5.74) is 6.98. The number of hydrogen-bond donors (Lipinski definition) is 1. The minimum Gasteiger partial charge on any atom is -0.492 e. The van der Waals surface area contributed by atoms with Crippen LogP contribution in [0.2, 0.25) is 0 Å². The maximum Gasteiger partial charge on any atom is 0.204 e. The Kier molecular flexibility index (Phi) is 3.72. The highest BCUT2D eigenvalue weighted by Gasteiger charge is 2.33. The number of methoxy groups -OCH3 is 1. The van der Waals surface area contributed by atoms with E-state index in [0.29, 0.717) is 25.2 Å². The van der Waals surface area contributed by atoms with Crippen LogP contribution in [0.15, 0.2) is 12.1 Å². The van der Waals surface area contributed by atoms with Crippen LogP contribution < -0.4 is 19.9 Å². The third-order valence-electron chi connectivity index (χ3n) is 4.23. The first-order chi connectivity index (χ1) is 9.74. The summed E-state index contributed by atoms with van der Waals surface area (Å²) in [5, 5.41) is 0. The largest absolute Gasteiger partial charge is 0.492 e. The van der Waals surface area contributed by atoms with Gasteiger partial charge < -0.3 is 19.9 Å². The molecule has 0 aliphatic carbocycles. The van der Waals surface area contributed by atoms with Crippen molar-refractivity contribution in [1.82, 2.24) is 4.90 Å². The Labute approximate surface area is 119 Å². The van der Waals surface area contributed by atoms with E-state index in [1.165, 1.54) is 0 Å². The maximum absolute atomic E-state index is 5.82.